The minimum atomic E-state index is -0.156. The smallest absolute Gasteiger partial charge is 0.237 e. The van der Waals surface area contributed by atoms with Crippen LogP contribution in [0.2, 0.25) is 0 Å². The van der Waals surface area contributed by atoms with Gasteiger partial charge < -0.3 is 10.6 Å². The molecule has 3 heteroatoms. The van der Waals surface area contributed by atoms with E-state index in [0.29, 0.717) is 5.92 Å². The molecule has 0 heterocycles. The Labute approximate surface area is 104 Å². The maximum absolute atomic E-state index is 11.9. The van der Waals surface area contributed by atoms with E-state index >= 15 is 0 Å². The lowest BCUT2D eigenvalue weighted by atomic mass is 10.1. The Hall–Kier alpha value is -1.35. The van der Waals surface area contributed by atoms with Crippen molar-refractivity contribution in [3.8, 4) is 0 Å². The van der Waals surface area contributed by atoms with Crippen molar-refractivity contribution in [2.75, 3.05) is 13.6 Å². The van der Waals surface area contributed by atoms with Crippen molar-refractivity contribution in [3.63, 3.8) is 0 Å². The van der Waals surface area contributed by atoms with E-state index in [4.69, 9.17) is 0 Å². The molecule has 0 radical (unpaired) electrons. The van der Waals surface area contributed by atoms with Gasteiger partial charge in [-0.15, -0.1) is 0 Å². The van der Waals surface area contributed by atoms with Crippen molar-refractivity contribution < 1.29 is 4.79 Å². The molecule has 94 valence electrons. The monoisotopic (exact) mass is 234 g/mol. The van der Waals surface area contributed by atoms with Crippen LogP contribution in [0, 0.1) is 5.92 Å². The van der Waals surface area contributed by atoms with Crippen LogP contribution in [0.3, 0.4) is 0 Å². The van der Waals surface area contributed by atoms with Gasteiger partial charge in [0.05, 0.1) is 6.04 Å². The third-order valence-electron chi connectivity index (χ3n) is 2.63. The van der Waals surface area contributed by atoms with E-state index in [0.717, 1.165) is 13.0 Å². The largest absolute Gasteiger partial charge is 0.354 e. The molecule has 0 aliphatic carbocycles. The summed E-state index contributed by atoms with van der Waals surface area (Å²) < 4.78 is 0. The number of likely N-dealkylation sites (N-methyl/N-ethyl adjacent to an activating group) is 1. The topological polar surface area (TPSA) is 41.1 Å². The fourth-order valence-electron chi connectivity index (χ4n) is 1.60. The zero-order valence-electron chi connectivity index (χ0n) is 10.9. The van der Waals surface area contributed by atoms with Crippen LogP contribution >= 0.6 is 0 Å². The van der Waals surface area contributed by atoms with Crippen LogP contribution in [0.15, 0.2) is 30.3 Å². The van der Waals surface area contributed by atoms with E-state index in [1.54, 1.807) is 0 Å². The van der Waals surface area contributed by atoms with Crippen molar-refractivity contribution in [1.82, 2.24) is 10.6 Å². The summed E-state index contributed by atoms with van der Waals surface area (Å²) in [5.74, 6) is 0.554. The van der Waals surface area contributed by atoms with Crippen molar-refractivity contribution in [1.29, 1.82) is 0 Å². The van der Waals surface area contributed by atoms with Gasteiger partial charge in [0, 0.05) is 6.54 Å². The summed E-state index contributed by atoms with van der Waals surface area (Å²) in [4.78, 5) is 11.9. The van der Waals surface area contributed by atoms with Gasteiger partial charge >= 0.3 is 0 Å². The summed E-state index contributed by atoms with van der Waals surface area (Å²) in [7, 11) is 1.82. The highest BCUT2D eigenvalue weighted by Crippen LogP contribution is 2.03. The predicted molar refractivity (Wildman–Crippen MR) is 70.8 cm³/mol. The second-order valence-electron chi connectivity index (χ2n) is 4.67. The lowest BCUT2D eigenvalue weighted by molar-refractivity contribution is -0.123. The Morgan fingerprint density at radius 2 is 1.88 bits per heavy atom. The Bertz CT molecular complexity index is 335. The first-order chi connectivity index (χ1) is 8.13. The van der Waals surface area contributed by atoms with E-state index in [-0.39, 0.29) is 11.9 Å². The zero-order chi connectivity index (χ0) is 12.7. The standard InChI is InChI=1S/C14H22N2O/c1-11(2)10-16-14(17)13(15-3)9-12-7-5-4-6-8-12/h4-8,11,13,15H,9-10H2,1-3H3,(H,16,17). The summed E-state index contributed by atoms with van der Waals surface area (Å²) >= 11 is 0. The molecule has 0 aliphatic heterocycles. The first kappa shape index (κ1) is 13.7. The summed E-state index contributed by atoms with van der Waals surface area (Å²) in [6, 6.07) is 9.90. The quantitative estimate of drug-likeness (QED) is 0.785. The van der Waals surface area contributed by atoms with Gasteiger partial charge in [-0.1, -0.05) is 44.2 Å². The van der Waals surface area contributed by atoms with Gasteiger partial charge in [-0.3, -0.25) is 4.79 Å². The highest BCUT2D eigenvalue weighted by Gasteiger charge is 2.16. The maximum atomic E-state index is 11.9. The second kappa shape index (κ2) is 7.07. The molecule has 0 saturated heterocycles. The van der Waals surface area contributed by atoms with Gasteiger partial charge in [-0.05, 0) is 24.9 Å². The normalized spacial score (nSPS) is 12.5. The van der Waals surface area contributed by atoms with Crippen LogP contribution < -0.4 is 10.6 Å². The number of hydrogen-bond acceptors (Lipinski definition) is 2. The Balaban J connectivity index is 2.51. The molecular weight excluding hydrogens is 212 g/mol. The molecule has 0 fully saturated rings. The van der Waals surface area contributed by atoms with Crippen LogP contribution in [-0.2, 0) is 11.2 Å². The summed E-state index contributed by atoms with van der Waals surface area (Å²) in [5.41, 5.74) is 1.17. The molecule has 1 aromatic rings. The number of carbonyl (C=O) groups excluding carboxylic acids is 1. The first-order valence-electron chi connectivity index (χ1n) is 6.12. The van der Waals surface area contributed by atoms with Gasteiger partial charge in [0.15, 0.2) is 0 Å². The average Bonchev–Trinajstić information content (AvgIpc) is 2.34. The SMILES string of the molecule is CNC(Cc1ccccc1)C(=O)NCC(C)C. The zero-order valence-corrected chi connectivity index (χ0v) is 10.9. The summed E-state index contributed by atoms with van der Waals surface area (Å²) in [6.45, 7) is 4.91. The molecule has 0 aromatic heterocycles. The lowest BCUT2D eigenvalue weighted by Gasteiger charge is -2.17. The van der Waals surface area contributed by atoms with E-state index < -0.39 is 0 Å². The second-order valence-corrected chi connectivity index (χ2v) is 4.67. The number of carbonyl (C=O) groups is 1. The first-order valence-corrected chi connectivity index (χ1v) is 6.12. The molecule has 0 aliphatic rings. The molecule has 2 N–H and O–H groups in total. The molecule has 17 heavy (non-hydrogen) atoms. The molecule has 1 amide bonds. The molecule has 1 rings (SSSR count). The Morgan fingerprint density at radius 3 is 2.41 bits per heavy atom. The number of benzene rings is 1. The molecule has 1 unspecified atom stereocenters. The van der Waals surface area contributed by atoms with Crippen molar-refractivity contribution >= 4 is 5.91 Å². The third kappa shape index (κ3) is 5.00. The molecular formula is C14H22N2O. The maximum Gasteiger partial charge on any atom is 0.237 e. The average molecular weight is 234 g/mol. The third-order valence-corrected chi connectivity index (χ3v) is 2.63. The van der Waals surface area contributed by atoms with E-state index in [9.17, 15) is 4.79 Å². The van der Waals surface area contributed by atoms with Crippen molar-refractivity contribution in [3.05, 3.63) is 35.9 Å². The van der Waals surface area contributed by atoms with E-state index in [2.05, 4.69) is 24.5 Å². The van der Waals surface area contributed by atoms with Crippen LogP contribution in [0.4, 0.5) is 0 Å². The van der Waals surface area contributed by atoms with Gasteiger partial charge in [-0.2, -0.15) is 0 Å². The lowest BCUT2D eigenvalue weighted by Crippen LogP contribution is -2.45. The highest BCUT2D eigenvalue weighted by atomic mass is 16.2. The Morgan fingerprint density at radius 1 is 1.24 bits per heavy atom. The molecule has 0 spiro atoms. The van der Waals surface area contributed by atoms with Gasteiger partial charge in [0.2, 0.25) is 5.91 Å². The number of nitrogens with one attached hydrogen (secondary N) is 2. The molecule has 1 aromatic carbocycles. The predicted octanol–water partition coefficient (Wildman–Crippen LogP) is 1.59. The fourth-order valence-corrected chi connectivity index (χ4v) is 1.60. The molecule has 0 saturated carbocycles. The van der Waals surface area contributed by atoms with Crippen LogP contribution in [0.1, 0.15) is 19.4 Å². The highest BCUT2D eigenvalue weighted by molar-refractivity contribution is 5.82. The minimum absolute atomic E-state index is 0.0741. The number of amides is 1. The number of hydrogen-bond donors (Lipinski definition) is 2. The van der Waals surface area contributed by atoms with E-state index in [1.165, 1.54) is 5.56 Å². The van der Waals surface area contributed by atoms with Crippen LogP contribution in [0.25, 0.3) is 0 Å². The van der Waals surface area contributed by atoms with Crippen LogP contribution in [-0.4, -0.2) is 25.5 Å². The Kier molecular flexibility index (Phi) is 5.70. The number of rotatable bonds is 6. The summed E-state index contributed by atoms with van der Waals surface area (Å²) in [6.07, 6.45) is 0.723. The van der Waals surface area contributed by atoms with E-state index in [1.807, 2.05) is 37.4 Å². The van der Waals surface area contributed by atoms with Crippen molar-refractivity contribution in [2.24, 2.45) is 5.92 Å². The molecule has 3 nitrogen and oxygen atoms in total. The fraction of sp³-hybridized carbons (Fsp3) is 0.500. The van der Waals surface area contributed by atoms with Crippen LogP contribution in [0.5, 0.6) is 0 Å². The van der Waals surface area contributed by atoms with Gasteiger partial charge in [0.1, 0.15) is 0 Å². The van der Waals surface area contributed by atoms with Crippen molar-refractivity contribution in [2.45, 2.75) is 26.3 Å². The molecule has 1 atom stereocenters. The van der Waals surface area contributed by atoms with Gasteiger partial charge in [-0.25, -0.2) is 0 Å². The minimum Gasteiger partial charge on any atom is -0.354 e. The van der Waals surface area contributed by atoms with Gasteiger partial charge in [0.25, 0.3) is 0 Å². The molecule has 0 bridgehead atoms. The summed E-state index contributed by atoms with van der Waals surface area (Å²) in [5, 5.41) is 6.01.